The number of hydrogen-bond donors (Lipinski definition) is 1. The summed E-state index contributed by atoms with van der Waals surface area (Å²) in [7, 11) is 0. The predicted molar refractivity (Wildman–Crippen MR) is 125 cm³/mol. The first-order chi connectivity index (χ1) is 15.1. The number of amides is 2. The Morgan fingerprint density at radius 1 is 0.935 bits per heavy atom. The van der Waals surface area contributed by atoms with Crippen molar-refractivity contribution in [1.82, 2.24) is 10.2 Å². The van der Waals surface area contributed by atoms with Crippen LogP contribution in [0, 0.1) is 5.92 Å². The minimum Gasteiger partial charge on any atom is -0.349 e. The molecule has 1 aliphatic heterocycles. The smallest absolute Gasteiger partial charge is 0.246 e. The number of nitrogens with zero attached hydrogens (tertiary/aromatic N) is 1. The number of likely N-dealkylation sites (tertiary alicyclic amines) is 1. The van der Waals surface area contributed by atoms with Gasteiger partial charge in [0.1, 0.15) is 0 Å². The van der Waals surface area contributed by atoms with Gasteiger partial charge in [-0.3, -0.25) is 9.59 Å². The van der Waals surface area contributed by atoms with E-state index in [4.69, 9.17) is 0 Å². The number of hydrogen-bond acceptors (Lipinski definition) is 2. The van der Waals surface area contributed by atoms with E-state index in [2.05, 4.69) is 35.6 Å². The first kappa shape index (κ1) is 20.9. The number of carbonyl (C=O) groups excluding carboxylic acids is 2. The van der Waals surface area contributed by atoms with Crippen molar-refractivity contribution in [2.24, 2.45) is 5.92 Å². The normalized spacial score (nSPS) is 15.8. The summed E-state index contributed by atoms with van der Waals surface area (Å²) >= 11 is 0. The summed E-state index contributed by atoms with van der Waals surface area (Å²) in [6, 6.07) is 24.3. The summed E-state index contributed by atoms with van der Waals surface area (Å²) < 4.78 is 0. The lowest BCUT2D eigenvalue weighted by Gasteiger charge is -2.31. The molecule has 1 N–H and O–H groups in total. The van der Waals surface area contributed by atoms with Gasteiger partial charge in [-0.25, -0.2) is 0 Å². The van der Waals surface area contributed by atoms with Crippen molar-refractivity contribution in [2.75, 3.05) is 13.1 Å². The van der Waals surface area contributed by atoms with Gasteiger partial charge in [0.2, 0.25) is 11.8 Å². The molecule has 0 saturated carbocycles. The molecule has 1 aliphatic rings. The Bertz CT molecular complexity index is 1080. The van der Waals surface area contributed by atoms with Crippen molar-refractivity contribution in [3.63, 3.8) is 0 Å². The zero-order valence-electron chi connectivity index (χ0n) is 17.8. The Morgan fingerprint density at radius 2 is 1.61 bits per heavy atom. The fraction of sp³-hybridized carbons (Fsp3) is 0.259. The van der Waals surface area contributed by atoms with Crippen molar-refractivity contribution in [2.45, 2.75) is 25.8 Å². The summed E-state index contributed by atoms with van der Waals surface area (Å²) in [4.78, 5) is 27.1. The first-order valence-corrected chi connectivity index (χ1v) is 10.9. The lowest BCUT2D eigenvalue weighted by atomic mass is 9.95. The van der Waals surface area contributed by atoms with Gasteiger partial charge in [-0.1, -0.05) is 66.7 Å². The van der Waals surface area contributed by atoms with Crippen molar-refractivity contribution in [3.8, 4) is 0 Å². The fourth-order valence-electron chi connectivity index (χ4n) is 4.09. The lowest BCUT2D eigenvalue weighted by Crippen LogP contribution is -2.43. The van der Waals surface area contributed by atoms with E-state index >= 15 is 0 Å². The van der Waals surface area contributed by atoms with Gasteiger partial charge in [0, 0.05) is 25.1 Å². The number of piperidine rings is 1. The molecule has 3 aromatic carbocycles. The second-order valence-corrected chi connectivity index (χ2v) is 8.18. The van der Waals surface area contributed by atoms with Crippen LogP contribution in [0.15, 0.2) is 78.9 Å². The van der Waals surface area contributed by atoms with Gasteiger partial charge in [0.05, 0.1) is 6.04 Å². The molecule has 1 atom stereocenters. The highest BCUT2D eigenvalue weighted by molar-refractivity contribution is 5.92. The van der Waals surface area contributed by atoms with Gasteiger partial charge in [-0.15, -0.1) is 0 Å². The number of fused-ring (bicyclic) bond motifs is 1. The van der Waals surface area contributed by atoms with E-state index in [1.54, 1.807) is 6.08 Å². The molecule has 0 aliphatic carbocycles. The van der Waals surface area contributed by atoms with Crippen molar-refractivity contribution < 1.29 is 9.59 Å². The average Bonchev–Trinajstić information content (AvgIpc) is 2.83. The van der Waals surface area contributed by atoms with E-state index < -0.39 is 0 Å². The van der Waals surface area contributed by atoms with E-state index in [1.165, 1.54) is 10.8 Å². The third-order valence-electron chi connectivity index (χ3n) is 6.03. The standard InChI is InChI=1S/C27H28N2O2/c1-20(24-13-12-22-9-5-6-10-25(22)19-24)28-27(31)23-15-17-29(18-16-23)26(30)14-11-21-7-3-2-4-8-21/h2-14,19-20,23H,15-18H2,1H3,(H,28,31). The minimum atomic E-state index is -0.0509. The Hall–Kier alpha value is -3.40. The lowest BCUT2D eigenvalue weighted by molar-refractivity contribution is -0.132. The Labute approximate surface area is 183 Å². The molecule has 4 nitrogen and oxygen atoms in total. The monoisotopic (exact) mass is 412 g/mol. The molecule has 1 unspecified atom stereocenters. The van der Waals surface area contributed by atoms with Gasteiger partial charge >= 0.3 is 0 Å². The molecule has 0 spiro atoms. The van der Waals surface area contributed by atoms with Crippen LogP contribution in [0.25, 0.3) is 16.8 Å². The molecule has 31 heavy (non-hydrogen) atoms. The number of rotatable bonds is 5. The van der Waals surface area contributed by atoms with Crippen molar-refractivity contribution in [1.29, 1.82) is 0 Å². The van der Waals surface area contributed by atoms with Crippen molar-refractivity contribution >= 4 is 28.7 Å². The van der Waals surface area contributed by atoms with Crippen LogP contribution in [-0.4, -0.2) is 29.8 Å². The second-order valence-electron chi connectivity index (χ2n) is 8.18. The van der Waals surface area contributed by atoms with Crippen LogP contribution in [0.5, 0.6) is 0 Å². The molecule has 1 heterocycles. The third-order valence-corrected chi connectivity index (χ3v) is 6.03. The number of carbonyl (C=O) groups is 2. The molecule has 0 aromatic heterocycles. The maximum Gasteiger partial charge on any atom is 0.246 e. The molecule has 158 valence electrons. The van der Waals surface area contributed by atoms with Crippen LogP contribution in [0.2, 0.25) is 0 Å². The molecular formula is C27H28N2O2. The molecule has 4 rings (SSSR count). The van der Waals surface area contributed by atoms with Gasteiger partial charge in [0.25, 0.3) is 0 Å². The van der Waals surface area contributed by atoms with E-state index in [0.717, 1.165) is 11.1 Å². The quantitative estimate of drug-likeness (QED) is 0.602. The maximum atomic E-state index is 12.8. The molecule has 0 bridgehead atoms. The Balaban J connectivity index is 1.29. The zero-order chi connectivity index (χ0) is 21.6. The third kappa shape index (κ3) is 5.21. The molecular weight excluding hydrogens is 384 g/mol. The second kappa shape index (κ2) is 9.61. The van der Waals surface area contributed by atoms with E-state index in [0.29, 0.717) is 25.9 Å². The minimum absolute atomic E-state index is 0.00671. The van der Waals surface area contributed by atoms with Crippen molar-refractivity contribution in [3.05, 3.63) is 90.0 Å². The molecule has 4 heteroatoms. The highest BCUT2D eigenvalue weighted by Crippen LogP contribution is 2.23. The molecule has 1 saturated heterocycles. The van der Waals surface area contributed by atoms with Crippen LogP contribution in [0.1, 0.15) is 36.9 Å². The maximum absolute atomic E-state index is 12.8. The van der Waals surface area contributed by atoms with E-state index in [-0.39, 0.29) is 23.8 Å². The van der Waals surface area contributed by atoms with Gasteiger partial charge in [0.15, 0.2) is 0 Å². The summed E-state index contributed by atoms with van der Waals surface area (Å²) in [5, 5.41) is 5.54. The first-order valence-electron chi connectivity index (χ1n) is 10.9. The van der Waals surface area contributed by atoms with Gasteiger partial charge in [-0.05, 0) is 53.8 Å². The zero-order valence-corrected chi connectivity index (χ0v) is 17.8. The van der Waals surface area contributed by atoms with E-state index in [1.807, 2.05) is 60.4 Å². The largest absolute Gasteiger partial charge is 0.349 e. The number of benzene rings is 3. The molecule has 1 fully saturated rings. The van der Waals surface area contributed by atoms with Crippen LogP contribution < -0.4 is 5.32 Å². The van der Waals surface area contributed by atoms with Crippen LogP contribution in [0.3, 0.4) is 0 Å². The Morgan fingerprint density at radius 3 is 2.35 bits per heavy atom. The molecule has 0 radical (unpaired) electrons. The highest BCUT2D eigenvalue weighted by Gasteiger charge is 2.27. The Kier molecular flexibility index (Phi) is 6.46. The topological polar surface area (TPSA) is 49.4 Å². The van der Waals surface area contributed by atoms with E-state index in [9.17, 15) is 9.59 Å². The summed E-state index contributed by atoms with van der Waals surface area (Å²) in [6.45, 7) is 3.25. The van der Waals surface area contributed by atoms with Gasteiger partial charge in [-0.2, -0.15) is 0 Å². The highest BCUT2D eigenvalue weighted by atomic mass is 16.2. The average molecular weight is 413 g/mol. The summed E-state index contributed by atoms with van der Waals surface area (Å²) in [6.07, 6.45) is 4.85. The number of nitrogens with one attached hydrogen (secondary N) is 1. The fourth-order valence-corrected chi connectivity index (χ4v) is 4.09. The van der Waals surface area contributed by atoms with Gasteiger partial charge < -0.3 is 10.2 Å². The summed E-state index contributed by atoms with van der Waals surface area (Å²) in [5.41, 5.74) is 2.11. The van der Waals surface area contributed by atoms with Crippen LogP contribution in [-0.2, 0) is 9.59 Å². The molecule has 2 amide bonds. The van der Waals surface area contributed by atoms with Crippen LogP contribution >= 0.6 is 0 Å². The molecule has 3 aromatic rings. The van der Waals surface area contributed by atoms with Crippen LogP contribution in [0.4, 0.5) is 0 Å². The summed E-state index contributed by atoms with van der Waals surface area (Å²) in [5.74, 6) is 0.0323. The SMILES string of the molecule is CC(NC(=O)C1CCN(C(=O)C=Cc2ccccc2)CC1)c1ccc2ccccc2c1. The predicted octanol–water partition coefficient (Wildman–Crippen LogP) is 4.97.